The van der Waals surface area contributed by atoms with Crippen molar-refractivity contribution in [3.63, 3.8) is 0 Å². The molecule has 0 radical (unpaired) electrons. The van der Waals surface area contributed by atoms with E-state index in [0.29, 0.717) is 19.4 Å². The monoisotopic (exact) mass is 322 g/mol. The van der Waals surface area contributed by atoms with Gasteiger partial charge in [-0.2, -0.15) is 0 Å². The van der Waals surface area contributed by atoms with Crippen LogP contribution in [-0.2, 0) is 14.3 Å². The molecule has 0 saturated heterocycles. The Hall–Kier alpha value is -1.74. The van der Waals surface area contributed by atoms with Gasteiger partial charge in [-0.3, -0.25) is 0 Å². The maximum absolute atomic E-state index is 10.4. The molecule has 0 rings (SSSR count). The topological polar surface area (TPSA) is 145 Å². The first-order chi connectivity index (χ1) is 10.3. The molecule has 0 aliphatic carbocycles. The maximum atomic E-state index is 10.4. The van der Waals surface area contributed by atoms with Crippen molar-refractivity contribution in [2.45, 2.75) is 25.9 Å². The van der Waals surface area contributed by atoms with Crippen LogP contribution in [0.4, 0.5) is 0 Å². The minimum absolute atomic E-state index is 0.144. The number of carboxylic acid groups (broad SMARTS) is 1. The van der Waals surface area contributed by atoms with Crippen LogP contribution in [0.2, 0.25) is 0 Å². The molecule has 0 heterocycles. The minimum Gasteiger partial charge on any atom is -0.478 e. The van der Waals surface area contributed by atoms with Crippen molar-refractivity contribution in [3.8, 4) is 0 Å². The fourth-order valence-electron chi connectivity index (χ4n) is 0.503. The summed E-state index contributed by atoms with van der Waals surface area (Å²) >= 11 is 0. The van der Waals surface area contributed by atoms with Crippen LogP contribution in [0, 0.1) is 0 Å². The number of unbranched alkanes of at least 4 members (excludes halogenated alkanes) is 1. The molecular formula is C14H26O8. The van der Waals surface area contributed by atoms with Gasteiger partial charge in [-0.1, -0.05) is 13.2 Å². The van der Waals surface area contributed by atoms with Crippen LogP contribution in [-0.4, -0.2) is 70.0 Å². The summed E-state index contributed by atoms with van der Waals surface area (Å²) in [5.74, 6) is -1.34. The van der Waals surface area contributed by atoms with E-state index in [1.165, 1.54) is 6.92 Å². The number of hydrogen-bond acceptors (Lipinski definition) is 7. The Morgan fingerprint density at radius 2 is 1.64 bits per heavy atom. The Labute approximate surface area is 130 Å². The number of esters is 1. The third-order valence-corrected chi connectivity index (χ3v) is 1.75. The van der Waals surface area contributed by atoms with E-state index in [-0.39, 0.29) is 25.4 Å². The third kappa shape index (κ3) is 26.8. The summed E-state index contributed by atoms with van der Waals surface area (Å²) in [4.78, 5) is 20.0. The van der Waals surface area contributed by atoms with Crippen LogP contribution in [0.1, 0.15) is 19.8 Å². The first-order valence-electron chi connectivity index (χ1n) is 6.45. The Balaban J connectivity index is -0.000000261. The van der Waals surface area contributed by atoms with Crippen LogP contribution in [0.3, 0.4) is 0 Å². The summed E-state index contributed by atoms with van der Waals surface area (Å²) in [5.41, 5.74) is 0.176. The second kappa shape index (κ2) is 19.3. The Bertz CT molecular complexity index is 298. The molecule has 0 aliphatic heterocycles. The molecule has 5 N–H and O–H groups in total. The highest BCUT2D eigenvalue weighted by atomic mass is 16.5. The van der Waals surface area contributed by atoms with Crippen LogP contribution >= 0.6 is 0 Å². The van der Waals surface area contributed by atoms with E-state index < -0.39 is 18.0 Å². The average Bonchev–Trinajstić information content (AvgIpc) is 2.51. The summed E-state index contributed by atoms with van der Waals surface area (Å²) in [6.07, 6.45) is 1.55. The van der Waals surface area contributed by atoms with E-state index in [2.05, 4.69) is 17.9 Å². The molecule has 0 amide bonds. The molecule has 0 bridgehead atoms. The lowest BCUT2D eigenvalue weighted by Crippen LogP contribution is -2.15. The van der Waals surface area contributed by atoms with Crippen molar-refractivity contribution in [2.24, 2.45) is 0 Å². The van der Waals surface area contributed by atoms with Gasteiger partial charge in [0.25, 0.3) is 0 Å². The van der Waals surface area contributed by atoms with E-state index in [4.69, 9.17) is 25.5 Å². The molecule has 8 heteroatoms. The number of aliphatic hydroxyl groups excluding tert-OH is 4. The van der Waals surface area contributed by atoms with Gasteiger partial charge in [0.2, 0.25) is 0 Å². The van der Waals surface area contributed by atoms with Gasteiger partial charge < -0.3 is 30.3 Å². The first-order valence-corrected chi connectivity index (χ1v) is 6.45. The number of ether oxygens (including phenoxy) is 1. The zero-order valence-electron chi connectivity index (χ0n) is 12.8. The number of aliphatic hydroxyl groups is 4. The second-order valence-electron chi connectivity index (χ2n) is 3.91. The summed E-state index contributed by atoms with van der Waals surface area (Å²) in [7, 11) is 0. The molecule has 0 aromatic rings. The summed E-state index contributed by atoms with van der Waals surface area (Å²) in [6.45, 7) is 7.62. The van der Waals surface area contributed by atoms with Crippen molar-refractivity contribution in [2.75, 3.05) is 26.4 Å². The molecule has 0 atom stereocenters. The summed E-state index contributed by atoms with van der Waals surface area (Å²) < 4.78 is 4.63. The summed E-state index contributed by atoms with van der Waals surface area (Å²) in [6, 6.07) is 0. The molecule has 0 aliphatic rings. The van der Waals surface area contributed by atoms with Gasteiger partial charge in [0.05, 0.1) is 19.8 Å². The Kier molecular flexibility index (Phi) is 22.1. The molecule has 130 valence electrons. The molecule has 0 spiro atoms. The van der Waals surface area contributed by atoms with Gasteiger partial charge in [-0.05, 0) is 19.8 Å². The van der Waals surface area contributed by atoms with Crippen molar-refractivity contribution < 1.29 is 39.9 Å². The predicted octanol–water partition coefficient (Wildman–Crippen LogP) is -0.533. The van der Waals surface area contributed by atoms with Crippen LogP contribution in [0.25, 0.3) is 0 Å². The molecule has 8 nitrogen and oxygen atoms in total. The third-order valence-electron chi connectivity index (χ3n) is 1.75. The van der Waals surface area contributed by atoms with E-state index in [0.717, 1.165) is 6.08 Å². The average molecular weight is 322 g/mol. The zero-order chi connectivity index (χ0) is 18.0. The largest absolute Gasteiger partial charge is 0.478 e. The molecule has 0 fully saturated rings. The minimum atomic E-state index is -0.954. The van der Waals surface area contributed by atoms with E-state index in [1.54, 1.807) is 0 Å². The standard InChI is InChI=1S/C7H12O3.C4H6O2.C3H8O3/c1-2-7(9)10-6-4-3-5-8;1-3(2)4(5)6;4-1-3(6)2-5/h2,8H,1,3-6H2;1H2,2H3,(H,5,6);3-6H,1-2H2. The quantitative estimate of drug-likeness (QED) is 0.228. The smallest absolute Gasteiger partial charge is 0.330 e. The zero-order valence-corrected chi connectivity index (χ0v) is 12.8. The molecule has 0 aromatic heterocycles. The van der Waals surface area contributed by atoms with Gasteiger partial charge in [0.1, 0.15) is 6.10 Å². The SMILES string of the molecule is C=C(C)C(=O)O.C=CC(=O)OCCCCO.OCC(O)CO. The Morgan fingerprint density at radius 1 is 1.18 bits per heavy atom. The van der Waals surface area contributed by atoms with Gasteiger partial charge in [-0.15, -0.1) is 0 Å². The number of carbonyl (C=O) groups is 2. The molecule has 0 saturated carbocycles. The fraction of sp³-hybridized carbons (Fsp3) is 0.571. The molecule has 0 unspecified atom stereocenters. The highest BCUT2D eigenvalue weighted by Gasteiger charge is 1.94. The second-order valence-corrected chi connectivity index (χ2v) is 3.91. The number of rotatable bonds is 8. The number of carboxylic acids is 1. The van der Waals surface area contributed by atoms with E-state index in [9.17, 15) is 9.59 Å². The number of carbonyl (C=O) groups excluding carboxylic acids is 1. The molecular weight excluding hydrogens is 296 g/mol. The fourth-order valence-corrected chi connectivity index (χ4v) is 0.503. The Morgan fingerprint density at radius 3 is 1.86 bits per heavy atom. The lowest BCUT2D eigenvalue weighted by atomic mass is 10.3. The lowest BCUT2D eigenvalue weighted by molar-refractivity contribution is -0.138. The number of aliphatic carboxylic acids is 1. The highest BCUT2D eigenvalue weighted by molar-refractivity contribution is 5.84. The summed E-state index contributed by atoms with van der Waals surface area (Å²) in [5, 5.41) is 40.2. The predicted molar refractivity (Wildman–Crippen MR) is 80.1 cm³/mol. The first kappa shape index (κ1) is 25.2. The van der Waals surface area contributed by atoms with Gasteiger partial charge in [-0.25, -0.2) is 9.59 Å². The molecule has 22 heavy (non-hydrogen) atoms. The van der Waals surface area contributed by atoms with Crippen molar-refractivity contribution in [3.05, 3.63) is 24.8 Å². The highest BCUT2D eigenvalue weighted by Crippen LogP contribution is 1.88. The lowest BCUT2D eigenvalue weighted by Gasteiger charge is -1.98. The number of hydrogen-bond donors (Lipinski definition) is 5. The molecule has 0 aromatic carbocycles. The van der Waals surface area contributed by atoms with Gasteiger partial charge >= 0.3 is 11.9 Å². The maximum Gasteiger partial charge on any atom is 0.330 e. The van der Waals surface area contributed by atoms with Crippen LogP contribution < -0.4 is 0 Å². The van der Waals surface area contributed by atoms with Gasteiger partial charge in [0.15, 0.2) is 0 Å². The normalized spacial score (nSPS) is 8.82. The van der Waals surface area contributed by atoms with E-state index in [1.807, 2.05) is 0 Å². The van der Waals surface area contributed by atoms with Crippen LogP contribution in [0.5, 0.6) is 0 Å². The van der Waals surface area contributed by atoms with E-state index >= 15 is 0 Å². The van der Waals surface area contributed by atoms with Crippen molar-refractivity contribution >= 4 is 11.9 Å². The van der Waals surface area contributed by atoms with Crippen molar-refractivity contribution in [1.29, 1.82) is 0 Å². The van der Waals surface area contributed by atoms with Crippen molar-refractivity contribution in [1.82, 2.24) is 0 Å². The van der Waals surface area contributed by atoms with Gasteiger partial charge in [0, 0.05) is 18.3 Å². The van der Waals surface area contributed by atoms with Crippen LogP contribution in [0.15, 0.2) is 24.8 Å².